The van der Waals surface area contributed by atoms with Gasteiger partial charge in [-0.25, -0.2) is 8.78 Å². The average Bonchev–Trinajstić information content (AvgIpc) is 2.82. The Kier molecular flexibility index (Phi) is 1.70. The summed E-state index contributed by atoms with van der Waals surface area (Å²) in [6.07, 6.45) is 1.35. The van der Waals surface area contributed by atoms with Gasteiger partial charge in [-0.1, -0.05) is 17.7 Å². The van der Waals surface area contributed by atoms with E-state index in [1.807, 2.05) is 0 Å². The molecule has 0 saturated heterocycles. The average molecular weight is 292 g/mol. The highest BCUT2D eigenvalue weighted by Gasteiger charge is 3.02. The fourth-order valence-electron chi connectivity index (χ4n) is 4.22. The number of alkyl halides is 4. The highest BCUT2D eigenvalue weighted by molar-refractivity contribution is 6.33. The summed E-state index contributed by atoms with van der Waals surface area (Å²) in [5.74, 6) is -0.869. The summed E-state index contributed by atoms with van der Waals surface area (Å²) >= 11 is 12.0. The predicted molar refractivity (Wildman–Crippen MR) is 62.2 cm³/mol. The molecule has 1 spiro atoms. The van der Waals surface area contributed by atoms with Crippen molar-refractivity contribution in [3.8, 4) is 0 Å². The number of hydrogen-bond acceptors (Lipinski definition) is 2. The topological polar surface area (TPSA) is 33.1 Å². The molecule has 0 bridgehead atoms. The van der Waals surface area contributed by atoms with Crippen LogP contribution in [0, 0.1) is 5.41 Å². The van der Waals surface area contributed by atoms with Crippen molar-refractivity contribution in [1.29, 1.82) is 0 Å². The second-order valence-corrected chi connectivity index (χ2v) is 6.68. The second kappa shape index (κ2) is 2.69. The van der Waals surface area contributed by atoms with Crippen LogP contribution in [-0.4, -0.2) is 26.7 Å². The molecule has 0 aliphatic heterocycles. The Labute approximate surface area is 112 Å². The lowest BCUT2D eigenvalue weighted by atomic mass is 9.58. The number of fused-ring (bicyclic) bond motifs is 3. The maximum Gasteiger partial charge on any atom is 0.204 e. The van der Waals surface area contributed by atoms with Crippen LogP contribution in [0.2, 0.25) is 0 Å². The van der Waals surface area contributed by atoms with Crippen LogP contribution in [0.5, 0.6) is 0 Å². The molecule has 2 fully saturated rings. The number of aliphatic hydroxyl groups excluding tert-OH is 1. The van der Waals surface area contributed by atoms with Crippen LogP contribution in [0.15, 0.2) is 18.3 Å². The lowest BCUT2D eigenvalue weighted by Crippen LogP contribution is -2.64. The normalized spacial score (nSPS) is 55.3. The summed E-state index contributed by atoms with van der Waals surface area (Å²) in [4.78, 5) is 2.71. The summed E-state index contributed by atoms with van der Waals surface area (Å²) in [6, 6.07) is 3.21. The van der Waals surface area contributed by atoms with E-state index in [9.17, 15) is 9.50 Å². The van der Waals surface area contributed by atoms with Crippen LogP contribution in [0.1, 0.15) is 23.6 Å². The zero-order valence-corrected chi connectivity index (χ0v) is 10.6. The number of rotatable bonds is 1. The maximum absolute atomic E-state index is 15.1. The molecular formula is C12H9Cl2F2NO. The first kappa shape index (κ1) is 11.4. The van der Waals surface area contributed by atoms with Crippen molar-refractivity contribution in [2.45, 2.75) is 28.0 Å². The van der Waals surface area contributed by atoms with Gasteiger partial charge < -0.3 is 5.11 Å². The van der Waals surface area contributed by atoms with Crippen molar-refractivity contribution in [1.82, 2.24) is 4.98 Å². The molecular weight excluding hydrogens is 283 g/mol. The third-order valence-corrected chi connectivity index (χ3v) is 5.95. The molecule has 0 aromatic carbocycles. The first-order chi connectivity index (χ1) is 8.37. The van der Waals surface area contributed by atoms with Gasteiger partial charge in [-0.15, -0.1) is 11.6 Å². The van der Waals surface area contributed by atoms with Crippen molar-refractivity contribution in [3.05, 3.63) is 29.6 Å². The minimum Gasteiger partial charge on any atom is -0.395 e. The minimum atomic E-state index is -2.26. The van der Waals surface area contributed by atoms with Gasteiger partial charge in [-0.3, -0.25) is 4.98 Å². The Hall–Kier alpha value is -0.450. The molecule has 0 amide bonds. The van der Waals surface area contributed by atoms with E-state index in [1.165, 1.54) is 6.20 Å². The first-order valence-corrected chi connectivity index (χ1v) is 6.44. The molecule has 1 heterocycles. The number of aliphatic hydroxyl groups is 1. The molecule has 4 rings (SSSR count). The Balaban J connectivity index is 2.00. The summed E-state index contributed by atoms with van der Waals surface area (Å²) in [6.45, 7) is -0.497. The van der Waals surface area contributed by atoms with E-state index in [4.69, 9.17) is 23.2 Å². The van der Waals surface area contributed by atoms with Gasteiger partial charge in [0.15, 0.2) is 5.67 Å². The molecule has 96 valence electrons. The monoisotopic (exact) mass is 291 g/mol. The summed E-state index contributed by atoms with van der Waals surface area (Å²) < 4.78 is 29.6. The predicted octanol–water partition coefficient (Wildman–Crippen LogP) is 2.62. The van der Waals surface area contributed by atoms with Crippen LogP contribution in [0.25, 0.3) is 0 Å². The lowest BCUT2D eigenvalue weighted by Gasteiger charge is -2.54. The number of nitrogens with zero attached hydrogens (tertiary/aromatic N) is 1. The molecule has 0 radical (unpaired) electrons. The number of halogens is 4. The Morgan fingerprint density at radius 2 is 2.17 bits per heavy atom. The second-order valence-electron chi connectivity index (χ2n) is 5.40. The summed E-state index contributed by atoms with van der Waals surface area (Å²) in [5.41, 5.74) is -2.77. The largest absolute Gasteiger partial charge is 0.395 e. The van der Waals surface area contributed by atoms with Gasteiger partial charge in [-0.05, 0) is 6.07 Å². The molecule has 1 aromatic rings. The highest BCUT2D eigenvalue weighted by atomic mass is 35.5. The standard InChI is InChI=1S/C12H9Cl2F2NO/c13-9(5-18)4-10(15)6-2-1-3-17-7(6)8-11(9,10)12(8,14)16/h1-3,8,18H,4-5H2/t8-,9+,10+,11+,12+/m1/s1. The van der Waals surface area contributed by atoms with Gasteiger partial charge in [0.05, 0.1) is 28.5 Å². The van der Waals surface area contributed by atoms with E-state index in [2.05, 4.69) is 4.98 Å². The first-order valence-electron chi connectivity index (χ1n) is 5.69. The van der Waals surface area contributed by atoms with Crippen molar-refractivity contribution in [2.24, 2.45) is 5.41 Å². The van der Waals surface area contributed by atoms with Crippen LogP contribution in [-0.2, 0) is 5.67 Å². The van der Waals surface area contributed by atoms with E-state index in [1.54, 1.807) is 12.1 Å². The van der Waals surface area contributed by atoms with E-state index in [-0.39, 0.29) is 6.42 Å². The van der Waals surface area contributed by atoms with Crippen LogP contribution >= 0.6 is 23.2 Å². The number of pyridine rings is 1. The Morgan fingerprint density at radius 3 is 2.83 bits per heavy atom. The zero-order valence-electron chi connectivity index (χ0n) is 9.13. The molecule has 1 aromatic heterocycles. The van der Waals surface area contributed by atoms with Gasteiger partial charge >= 0.3 is 0 Å². The van der Waals surface area contributed by atoms with E-state index in [0.29, 0.717) is 11.3 Å². The van der Waals surface area contributed by atoms with Crippen LogP contribution in [0.3, 0.4) is 0 Å². The zero-order chi connectivity index (χ0) is 13.0. The molecule has 18 heavy (non-hydrogen) atoms. The van der Waals surface area contributed by atoms with Gasteiger partial charge in [0, 0.05) is 18.2 Å². The Bertz CT molecular complexity index is 583. The number of hydrogen-bond donors (Lipinski definition) is 1. The molecule has 2 saturated carbocycles. The van der Waals surface area contributed by atoms with Crippen molar-refractivity contribution < 1.29 is 13.9 Å². The molecule has 3 aliphatic rings. The fourth-order valence-corrected chi connectivity index (χ4v) is 5.50. The van der Waals surface area contributed by atoms with Crippen molar-refractivity contribution >= 4 is 23.2 Å². The Morgan fingerprint density at radius 1 is 1.44 bits per heavy atom. The van der Waals surface area contributed by atoms with Crippen molar-refractivity contribution in [3.63, 3.8) is 0 Å². The van der Waals surface area contributed by atoms with Gasteiger partial charge in [0.25, 0.3) is 0 Å². The molecule has 2 nitrogen and oxygen atoms in total. The summed E-state index contributed by atoms with van der Waals surface area (Å²) in [5, 5.41) is 7.11. The molecule has 1 N–H and O–H groups in total. The quantitative estimate of drug-likeness (QED) is 0.807. The molecule has 3 aliphatic carbocycles. The lowest BCUT2D eigenvalue weighted by molar-refractivity contribution is -0.113. The third kappa shape index (κ3) is 0.743. The molecule has 6 heteroatoms. The van der Waals surface area contributed by atoms with Crippen LogP contribution in [0.4, 0.5) is 8.78 Å². The number of aromatic nitrogens is 1. The minimum absolute atomic E-state index is 0.133. The maximum atomic E-state index is 15.1. The van der Waals surface area contributed by atoms with Crippen LogP contribution < -0.4 is 0 Å². The molecule has 5 atom stereocenters. The van der Waals surface area contributed by atoms with E-state index >= 15 is 4.39 Å². The third-order valence-electron chi connectivity index (χ3n) is 4.88. The van der Waals surface area contributed by atoms with Gasteiger partial charge in [0.2, 0.25) is 5.13 Å². The highest BCUT2D eigenvalue weighted by Crippen LogP contribution is 2.94. The molecule has 0 unspecified atom stereocenters. The fraction of sp³-hybridized carbons (Fsp3) is 0.583. The van der Waals surface area contributed by atoms with E-state index < -0.39 is 33.6 Å². The van der Waals surface area contributed by atoms with Gasteiger partial charge in [-0.2, -0.15) is 0 Å². The van der Waals surface area contributed by atoms with E-state index in [0.717, 1.165) is 0 Å². The smallest absolute Gasteiger partial charge is 0.204 e. The van der Waals surface area contributed by atoms with Crippen molar-refractivity contribution in [2.75, 3.05) is 6.61 Å². The van der Waals surface area contributed by atoms with Gasteiger partial charge in [0.1, 0.15) is 0 Å². The SMILES string of the molecule is OC[C@@]1(Cl)C[C@]2(F)c3cccnc3[C@@H]3[C@]12[C@]3(F)Cl. The summed E-state index contributed by atoms with van der Waals surface area (Å²) in [7, 11) is 0.